The fourth-order valence-electron chi connectivity index (χ4n) is 3.12. The maximum atomic E-state index is 5.93. The first-order valence-corrected chi connectivity index (χ1v) is 9.21. The third-order valence-electron chi connectivity index (χ3n) is 4.36. The summed E-state index contributed by atoms with van der Waals surface area (Å²) in [5, 5.41) is 13.3. The summed E-state index contributed by atoms with van der Waals surface area (Å²) in [6.45, 7) is 4.54. The molecule has 1 aliphatic heterocycles. The van der Waals surface area contributed by atoms with E-state index in [0.29, 0.717) is 19.8 Å². The zero-order valence-electron chi connectivity index (χ0n) is 14.2. The number of morpholine rings is 1. The standard InChI is InChI=1S/C17H21N5O2S/c1-23-8-7-22-17(18-19-20-22)15-12-21(6-9-24-15)11-14-10-13-4-2-3-5-16(13)25-14/h2-5,10,15H,6-9,11-12H2,1H3/t15-/m0/s1. The Balaban J connectivity index is 1.45. The van der Waals surface area contributed by atoms with E-state index in [1.807, 2.05) is 11.3 Å². The van der Waals surface area contributed by atoms with Crippen molar-refractivity contribution < 1.29 is 9.47 Å². The molecule has 0 saturated carbocycles. The smallest absolute Gasteiger partial charge is 0.181 e. The van der Waals surface area contributed by atoms with Crippen LogP contribution in [0.5, 0.6) is 0 Å². The molecule has 132 valence electrons. The Kier molecular flexibility index (Phi) is 5.02. The Morgan fingerprint density at radius 1 is 1.36 bits per heavy atom. The maximum absolute atomic E-state index is 5.93. The number of hydrogen-bond acceptors (Lipinski definition) is 7. The highest BCUT2D eigenvalue weighted by atomic mass is 32.1. The number of methoxy groups -OCH3 is 1. The molecule has 4 rings (SSSR count). The topological polar surface area (TPSA) is 65.3 Å². The number of hydrogen-bond donors (Lipinski definition) is 0. The van der Waals surface area contributed by atoms with Gasteiger partial charge in [0.05, 0.1) is 19.8 Å². The Morgan fingerprint density at radius 3 is 3.16 bits per heavy atom. The van der Waals surface area contributed by atoms with Gasteiger partial charge in [-0.05, 0) is 27.9 Å². The summed E-state index contributed by atoms with van der Waals surface area (Å²) in [5.74, 6) is 0.776. The van der Waals surface area contributed by atoms with E-state index in [4.69, 9.17) is 9.47 Å². The number of rotatable bonds is 6. The van der Waals surface area contributed by atoms with E-state index in [2.05, 4.69) is 50.8 Å². The van der Waals surface area contributed by atoms with E-state index in [9.17, 15) is 0 Å². The van der Waals surface area contributed by atoms with Crippen molar-refractivity contribution in [3.63, 3.8) is 0 Å². The number of benzene rings is 1. The number of fused-ring (bicyclic) bond motifs is 1. The van der Waals surface area contributed by atoms with Gasteiger partial charge in [-0.3, -0.25) is 4.90 Å². The van der Waals surface area contributed by atoms with Crippen LogP contribution in [0.4, 0.5) is 0 Å². The molecule has 7 nitrogen and oxygen atoms in total. The van der Waals surface area contributed by atoms with E-state index >= 15 is 0 Å². The van der Waals surface area contributed by atoms with Crippen LogP contribution < -0.4 is 0 Å². The van der Waals surface area contributed by atoms with Crippen LogP contribution in [0.25, 0.3) is 10.1 Å². The first-order valence-electron chi connectivity index (χ1n) is 8.40. The van der Waals surface area contributed by atoms with Crippen molar-refractivity contribution in [2.45, 2.75) is 19.2 Å². The van der Waals surface area contributed by atoms with Crippen molar-refractivity contribution in [1.29, 1.82) is 0 Å². The lowest BCUT2D eigenvalue weighted by Gasteiger charge is -2.31. The van der Waals surface area contributed by atoms with Crippen molar-refractivity contribution in [3.05, 3.63) is 41.0 Å². The van der Waals surface area contributed by atoms with Gasteiger partial charge in [0.1, 0.15) is 6.10 Å². The lowest BCUT2D eigenvalue weighted by Crippen LogP contribution is -2.38. The highest BCUT2D eigenvalue weighted by Crippen LogP contribution is 2.28. The molecule has 0 amide bonds. The number of nitrogens with zero attached hydrogens (tertiary/aromatic N) is 5. The molecular formula is C17H21N5O2S. The van der Waals surface area contributed by atoms with Gasteiger partial charge >= 0.3 is 0 Å². The van der Waals surface area contributed by atoms with Crippen LogP contribution in [0.15, 0.2) is 30.3 Å². The number of tetrazole rings is 1. The van der Waals surface area contributed by atoms with Gasteiger partial charge in [0.15, 0.2) is 5.82 Å². The Labute approximate surface area is 150 Å². The maximum Gasteiger partial charge on any atom is 0.181 e. The lowest BCUT2D eigenvalue weighted by molar-refractivity contribution is -0.0393. The minimum Gasteiger partial charge on any atom is -0.383 e. The van der Waals surface area contributed by atoms with Crippen LogP contribution in [0, 0.1) is 0 Å². The fourth-order valence-corrected chi connectivity index (χ4v) is 4.22. The third-order valence-corrected chi connectivity index (χ3v) is 5.46. The third kappa shape index (κ3) is 3.72. The van der Waals surface area contributed by atoms with E-state index in [0.717, 1.165) is 25.5 Å². The highest BCUT2D eigenvalue weighted by molar-refractivity contribution is 7.19. The monoisotopic (exact) mass is 359 g/mol. The molecule has 0 bridgehead atoms. The van der Waals surface area contributed by atoms with E-state index in [1.165, 1.54) is 15.0 Å². The van der Waals surface area contributed by atoms with Crippen LogP contribution in [-0.2, 0) is 22.6 Å². The summed E-state index contributed by atoms with van der Waals surface area (Å²) in [6, 6.07) is 10.8. The van der Waals surface area contributed by atoms with Gasteiger partial charge in [0.25, 0.3) is 0 Å². The van der Waals surface area contributed by atoms with E-state index in [-0.39, 0.29) is 6.10 Å². The molecule has 2 aromatic heterocycles. The summed E-state index contributed by atoms with van der Waals surface area (Å²) in [7, 11) is 1.67. The average molecular weight is 359 g/mol. The second-order valence-electron chi connectivity index (χ2n) is 6.10. The molecule has 3 aromatic rings. The van der Waals surface area contributed by atoms with Crippen molar-refractivity contribution in [2.75, 3.05) is 33.4 Å². The SMILES string of the molecule is COCCn1nnnc1[C@@H]1CN(Cc2cc3ccccc3s2)CCO1. The first-order chi connectivity index (χ1) is 12.3. The first kappa shape index (κ1) is 16.6. The summed E-state index contributed by atoms with van der Waals surface area (Å²) in [4.78, 5) is 3.79. The largest absolute Gasteiger partial charge is 0.383 e. The summed E-state index contributed by atoms with van der Waals surface area (Å²) < 4.78 is 14.2. The number of thiophene rings is 1. The minimum atomic E-state index is -0.102. The summed E-state index contributed by atoms with van der Waals surface area (Å²) in [6.07, 6.45) is -0.102. The van der Waals surface area contributed by atoms with Crippen molar-refractivity contribution in [3.8, 4) is 0 Å². The van der Waals surface area contributed by atoms with Crippen molar-refractivity contribution >= 4 is 21.4 Å². The van der Waals surface area contributed by atoms with Gasteiger partial charge in [0, 0.05) is 36.3 Å². The molecule has 0 N–H and O–H groups in total. The fraction of sp³-hybridized carbons (Fsp3) is 0.471. The molecule has 3 heterocycles. The zero-order valence-corrected chi connectivity index (χ0v) is 15.0. The van der Waals surface area contributed by atoms with Gasteiger partial charge in [-0.1, -0.05) is 18.2 Å². The normalized spacial score (nSPS) is 18.8. The highest BCUT2D eigenvalue weighted by Gasteiger charge is 2.27. The predicted octanol–water partition coefficient (Wildman–Crippen LogP) is 2.11. The summed E-state index contributed by atoms with van der Waals surface area (Å²) in [5.41, 5.74) is 0. The average Bonchev–Trinajstić information content (AvgIpc) is 3.26. The second kappa shape index (κ2) is 7.57. The summed E-state index contributed by atoms with van der Waals surface area (Å²) >= 11 is 1.86. The predicted molar refractivity (Wildman–Crippen MR) is 95.5 cm³/mol. The molecule has 0 aliphatic carbocycles. The van der Waals surface area contributed by atoms with Crippen LogP contribution >= 0.6 is 11.3 Å². The van der Waals surface area contributed by atoms with Crippen LogP contribution in [-0.4, -0.2) is 58.5 Å². The van der Waals surface area contributed by atoms with Gasteiger partial charge in [-0.15, -0.1) is 16.4 Å². The lowest BCUT2D eigenvalue weighted by atomic mass is 10.2. The van der Waals surface area contributed by atoms with Crippen LogP contribution in [0.3, 0.4) is 0 Å². The molecule has 0 spiro atoms. The van der Waals surface area contributed by atoms with E-state index < -0.39 is 0 Å². The van der Waals surface area contributed by atoms with Crippen LogP contribution in [0.2, 0.25) is 0 Å². The second-order valence-corrected chi connectivity index (χ2v) is 7.27. The molecule has 1 aliphatic rings. The quantitative estimate of drug-likeness (QED) is 0.672. The number of aromatic nitrogens is 4. The minimum absolute atomic E-state index is 0.102. The van der Waals surface area contributed by atoms with Crippen LogP contribution in [0.1, 0.15) is 16.8 Å². The number of ether oxygens (including phenoxy) is 2. The molecule has 8 heteroatoms. The molecule has 1 aromatic carbocycles. The van der Waals surface area contributed by atoms with Crippen molar-refractivity contribution in [1.82, 2.24) is 25.1 Å². The van der Waals surface area contributed by atoms with Gasteiger partial charge < -0.3 is 9.47 Å². The Bertz CT molecular complexity index is 800. The Morgan fingerprint density at radius 2 is 2.28 bits per heavy atom. The zero-order chi connectivity index (χ0) is 17.1. The Hall–Kier alpha value is -1.87. The molecule has 1 atom stereocenters. The molecular weight excluding hydrogens is 338 g/mol. The van der Waals surface area contributed by atoms with Crippen molar-refractivity contribution in [2.24, 2.45) is 0 Å². The molecule has 1 saturated heterocycles. The van der Waals surface area contributed by atoms with Gasteiger partial charge in [0.2, 0.25) is 0 Å². The van der Waals surface area contributed by atoms with Gasteiger partial charge in [-0.25, -0.2) is 4.68 Å². The molecule has 0 radical (unpaired) electrons. The molecule has 0 unspecified atom stereocenters. The molecule has 1 fully saturated rings. The molecule has 25 heavy (non-hydrogen) atoms. The van der Waals surface area contributed by atoms with Gasteiger partial charge in [-0.2, -0.15) is 0 Å². The van der Waals surface area contributed by atoms with E-state index in [1.54, 1.807) is 11.8 Å².